The molecule has 0 aliphatic carbocycles. The minimum absolute atomic E-state index is 0.0237. The summed E-state index contributed by atoms with van der Waals surface area (Å²) < 4.78 is 42.5. The number of aliphatic hydroxyl groups is 1. The third-order valence-corrected chi connectivity index (χ3v) is 4.16. The minimum atomic E-state index is -4.52. The number of nitrogens with one attached hydrogen (secondary N) is 1. The number of ether oxygens (including phenoxy) is 1. The lowest BCUT2D eigenvalue weighted by Crippen LogP contribution is -2.45. The molecule has 2 atom stereocenters. The molecule has 0 saturated carbocycles. The Morgan fingerprint density at radius 2 is 1.64 bits per heavy atom. The second-order valence-corrected chi connectivity index (χ2v) is 6.30. The molecule has 0 aromatic heterocycles. The molecule has 5 nitrogen and oxygen atoms in total. The number of rotatable bonds is 6. The van der Waals surface area contributed by atoms with Gasteiger partial charge in [0.25, 0.3) is 5.91 Å². The fourth-order valence-corrected chi connectivity index (χ4v) is 2.55. The maximum absolute atomic E-state index is 12.6. The fraction of sp³-hybridized carbons (Fsp3) is 0.300. The SMILES string of the molecule is COC(=O)[C@@H](Cc1ccc(C)cc1)NC(=O)[C@H](O)c1ccc(C(F)(F)F)cc1. The van der Waals surface area contributed by atoms with Crippen LogP contribution in [0.5, 0.6) is 0 Å². The van der Waals surface area contributed by atoms with Crippen molar-refractivity contribution in [3.8, 4) is 0 Å². The summed E-state index contributed by atoms with van der Waals surface area (Å²) in [6.45, 7) is 1.91. The highest BCUT2D eigenvalue weighted by Gasteiger charge is 2.31. The van der Waals surface area contributed by atoms with Gasteiger partial charge in [-0.05, 0) is 30.2 Å². The van der Waals surface area contributed by atoms with Crippen molar-refractivity contribution in [2.24, 2.45) is 0 Å². The van der Waals surface area contributed by atoms with E-state index in [9.17, 15) is 27.9 Å². The lowest BCUT2D eigenvalue weighted by molar-refractivity contribution is -0.146. The van der Waals surface area contributed by atoms with Crippen LogP contribution in [-0.2, 0) is 26.9 Å². The summed E-state index contributed by atoms with van der Waals surface area (Å²) in [5.74, 6) is -1.61. The number of amides is 1. The van der Waals surface area contributed by atoms with Gasteiger partial charge in [0.1, 0.15) is 6.04 Å². The summed E-state index contributed by atoms with van der Waals surface area (Å²) in [5, 5.41) is 12.5. The Hall–Kier alpha value is -2.87. The van der Waals surface area contributed by atoms with Crippen LogP contribution in [0.4, 0.5) is 13.2 Å². The molecule has 0 aliphatic heterocycles. The predicted molar refractivity (Wildman–Crippen MR) is 95.2 cm³/mol. The smallest absolute Gasteiger partial charge is 0.416 e. The molecule has 2 aromatic rings. The van der Waals surface area contributed by atoms with Gasteiger partial charge in [0.2, 0.25) is 0 Å². The van der Waals surface area contributed by atoms with Crippen LogP contribution >= 0.6 is 0 Å². The Morgan fingerprint density at radius 1 is 1.07 bits per heavy atom. The fourth-order valence-electron chi connectivity index (χ4n) is 2.55. The monoisotopic (exact) mass is 395 g/mol. The molecule has 0 unspecified atom stereocenters. The second-order valence-electron chi connectivity index (χ2n) is 6.30. The molecule has 0 bridgehead atoms. The second kappa shape index (κ2) is 8.88. The van der Waals surface area contributed by atoms with Gasteiger partial charge < -0.3 is 15.2 Å². The van der Waals surface area contributed by atoms with E-state index in [0.29, 0.717) is 0 Å². The van der Waals surface area contributed by atoms with E-state index in [0.717, 1.165) is 35.4 Å². The van der Waals surface area contributed by atoms with Crippen LogP contribution in [0.25, 0.3) is 0 Å². The molecule has 28 heavy (non-hydrogen) atoms. The van der Waals surface area contributed by atoms with Gasteiger partial charge in [-0.1, -0.05) is 42.0 Å². The molecule has 0 saturated heterocycles. The molecule has 1 amide bonds. The summed E-state index contributed by atoms with van der Waals surface area (Å²) in [4.78, 5) is 24.3. The predicted octanol–water partition coefficient (Wildman–Crippen LogP) is 2.95. The van der Waals surface area contributed by atoms with Crippen molar-refractivity contribution in [2.75, 3.05) is 7.11 Å². The number of aliphatic hydroxyl groups excluding tert-OH is 1. The Labute approximate surface area is 160 Å². The Kier molecular flexibility index (Phi) is 6.80. The number of hydrogen-bond acceptors (Lipinski definition) is 4. The molecule has 0 aliphatic rings. The van der Waals surface area contributed by atoms with Crippen molar-refractivity contribution in [3.05, 3.63) is 70.8 Å². The number of methoxy groups -OCH3 is 1. The zero-order valence-corrected chi connectivity index (χ0v) is 15.3. The average Bonchev–Trinajstić information content (AvgIpc) is 2.67. The van der Waals surface area contributed by atoms with Crippen molar-refractivity contribution < 1.29 is 32.6 Å². The zero-order chi connectivity index (χ0) is 20.9. The van der Waals surface area contributed by atoms with Gasteiger partial charge in [-0.25, -0.2) is 4.79 Å². The molecule has 0 fully saturated rings. The highest BCUT2D eigenvalue weighted by Crippen LogP contribution is 2.30. The van der Waals surface area contributed by atoms with Crippen LogP contribution in [0.2, 0.25) is 0 Å². The molecule has 150 valence electrons. The van der Waals surface area contributed by atoms with E-state index in [1.54, 1.807) is 12.1 Å². The van der Waals surface area contributed by atoms with Crippen LogP contribution in [-0.4, -0.2) is 30.1 Å². The maximum Gasteiger partial charge on any atom is 0.416 e. The number of aryl methyl sites for hydroxylation is 1. The Bertz CT molecular complexity index is 817. The van der Waals surface area contributed by atoms with E-state index in [2.05, 4.69) is 10.1 Å². The topological polar surface area (TPSA) is 75.6 Å². The third-order valence-electron chi connectivity index (χ3n) is 4.16. The van der Waals surface area contributed by atoms with E-state index in [1.807, 2.05) is 19.1 Å². The lowest BCUT2D eigenvalue weighted by Gasteiger charge is -2.19. The highest BCUT2D eigenvalue weighted by atomic mass is 19.4. The Balaban J connectivity index is 2.11. The normalized spacial score (nSPS) is 13.5. The highest BCUT2D eigenvalue weighted by molar-refractivity contribution is 5.87. The lowest BCUT2D eigenvalue weighted by atomic mass is 10.0. The number of benzene rings is 2. The summed E-state index contributed by atoms with van der Waals surface area (Å²) >= 11 is 0. The first kappa shape index (κ1) is 21.4. The standard InChI is InChI=1S/C20H20F3NO4/c1-12-3-5-13(6-4-12)11-16(19(27)28-2)24-18(26)17(25)14-7-9-15(10-8-14)20(21,22)23/h3-10,16-17,25H,11H2,1-2H3,(H,24,26)/t16-,17-/m1/s1. The van der Waals surface area contributed by atoms with E-state index in [1.165, 1.54) is 7.11 Å². The van der Waals surface area contributed by atoms with Crippen LogP contribution in [0.15, 0.2) is 48.5 Å². The van der Waals surface area contributed by atoms with Crippen molar-refractivity contribution in [2.45, 2.75) is 31.7 Å². The summed E-state index contributed by atoms with van der Waals surface area (Å²) in [7, 11) is 1.17. The van der Waals surface area contributed by atoms with Gasteiger partial charge >= 0.3 is 12.1 Å². The van der Waals surface area contributed by atoms with Crippen molar-refractivity contribution in [3.63, 3.8) is 0 Å². The molecule has 0 radical (unpaired) electrons. The number of carbonyl (C=O) groups is 2. The van der Waals surface area contributed by atoms with E-state index in [-0.39, 0.29) is 12.0 Å². The van der Waals surface area contributed by atoms with E-state index < -0.39 is 35.8 Å². The number of carbonyl (C=O) groups excluding carboxylic acids is 2. The van der Waals surface area contributed by atoms with Crippen LogP contribution in [0.1, 0.15) is 28.4 Å². The molecule has 2 rings (SSSR count). The number of hydrogen-bond donors (Lipinski definition) is 2. The van der Waals surface area contributed by atoms with Crippen LogP contribution in [0, 0.1) is 6.92 Å². The van der Waals surface area contributed by atoms with Gasteiger partial charge in [-0.2, -0.15) is 13.2 Å². The number of halogens is 3. The summed E-state index contributed by atoms with van der Waals surface area (Å²) in [6.07, 6.45) is -6.11. The molecule has 0 spiro atoms. The van der Waals surface area contributed by atoms with Crippen LogP contribution in [0.3, 0.4) is 0 Å². The molecule has 2 aromatic carbocycles. The number of esters is 1. The molecular weight excluding hydrogens is 375 g/mol. The van der Waals surface area contributed by atoms with Gasteiger partial charge in [0, 0.05) is 6.42 Å². The maximum atomic E-state index is 12.6. The molecule has 8 heteroatoms. The average molecular weight is 395 g/mol. The summed E-state index contributed by atoms with van der Waals surface area (Å²) in [6, 6.07) is 9.81. The number of alkyl halides is 3. The van der Waals surface area contributed by atoms with Crippen molar-refractivity contribution >= 4 is 11.9 Å². The van der Waals surface area contributed by atoms with Gasteiger partial charge in [0.15, 0.2) is 6.10 Å². The third kappa shape index (κ3) is 5.56. The zero-order valence-electron chi connectivity index (χ0n) is 15.3. The largest absolute Gasteiger partial charge is 0.467 e. The van der Waals surface area contributed by atoms with Gasteiger partial charge in [-0.15, -0.1) is 0 Å². The van der Waals surface area contributed by atoms with Crippen molar-refractivity contribution in [1.82, 2.24) is 5.32 Å². The van der Waals surface area contributed by atoms with E-state index in [4.69, 9.17) is 0 Å². The van der Waals surface area contributed by atoms with Crippen molar-refractivity contribution in [1.29, 1.82) is 0 Å². The first-order valence-electron chi connectivity index (χ1n) is 8.41. The molecule has 0 heterocycles. The Morgan fingerprint density at radius 3 is 2.14 bits per heavy atom. The first-order valence-corrected chi connectivity index (χ1v) is 8.41. The van der Waals surface area contributed by atoms with Gasteiger partial charge in [-0.3, -0.25) is 4.79 Å². The van der Waals surface area contributed by atoms with Gasteiger partial charge in [0.05, 0.1) is 12.7 Å². The van der Waals surface area contributed by atoms with Crippen LogP contribution < -0.4 is 5.32 Å². The summed E-state index contributed by atoms with van der Waals surface area (Å²) in [5.41, 5.74) is 0.880. The first-order chi connectivity index (χ1) is 13.1. The molecular formula is C20H20F3NO4. The quantitative estimate of drug-likeness (QED) is 0.738. The minimum Gasteiger partial charge on any atom is -0.467 e. The molecule has 2 N–H and O–H groups in total. The van der Waals surface area contributed by atoms with E-state index >= 15 is 0 Å².